The van der Waals surface area contributed by atoms with E-state index in [2.05, 4.69) is 19.8 Å². The van der Waals surface area contributed by atoms with Crippen LogP contribution in [0.2, 0.25) is 10.0 Å². The molecule has 3 aliphatic rings. The number of benzene rings is 2. The highest BCUT2D eigenvalue weighted by molar-refractivity contribution is 7.89. The Hall–Kier alpha value is -4.05. The zero-order valence-corrected chi connectivity index (χ0v) is 32.0. The van der Waals surface area contributed by atoms with Gasteiger partial charge in [0.15, 0.2) is 0 Å². The topological polar surface area (TPSA) is 216 Å². The minimum absolute atomic E-state index is 0.0235. The van der Waals surface area contributed by atoms with E-state index in [0.29, 0.717) is 26.7 Å². The van der Waals surface area contributed by atoms with E-state index in [1.54, 1.807) is 30.3 Å². The van der Waals surface area contributed by atoms with Gasteiger partial charge in [0.2, 0.25) is 10.0 Å². The van der Waals surface area contributed by atoms with Gasteiger partial charge >= 0.3 is 11.9 Å². The molecule has 298 valence electrons. The molecule has 2 aromatic carbocycles. The number of rotatable bonds is 19. The van der Waals surface area contributed by atoms with Crippen LogP contribution in [0.1, 0.15) is 41.9 Å². The number of hydroxylamine groups is 4. The molecule has 3 heterocycles. The van der Waals surface area contributed by atoms with E-state index in [1.165, 1.54) is 0 Å². The highest BCUT2D eigenvalue weighted by atomic mass is 35.5. The van der Waals surface area contributed by atoms with Crippen LogP contribution in [0.5, 0.6) is 0 Å². The maximum absolute atomic E-state index is 12.9. The maximum atomic E-state index is 12.9. The lowest BCUT2D eigenvalue weighted by Crippen LogP contribution is -2.41. The standard InChI is InChI=1S/C34H39Cl2N5O13S/c1-39-17-25(24-14-22(35)15-27(36)26(24)18-39)21-2-4-23(5-3-21)55(48,49)38-9-11-51-13-12-50-10-8-37-28-16-31(44)41(34(28)47)54-33(46)20-52-19-32(45)53-40-29(42)6-7-30(40)43/h2-5,14-15,25,28,37-38H,6-13,16-20H2,1H3/t25-,28?/m0/s1. The Morgan fingerprint density at radius 2 is 1.44 bits per heavy atom. The molecular formula is C34H39Cl2N5O13S. The molecular weight excluding hydrogens is 789 g/mol. The SMILES string of the molecule is CN1Cc2c(Cl)cc(Cl)cc2[C@H](c2ccc(S(=O)(=O)NCCOCCOCCNC3CC(=O)N(OC(=O)COCC(=O)ON4C(=O)CCC4=O)C3=O)cc2)C1. The molecule has 55 heavy (non-hydrogen) atoms. The molecule has 21 heteroatoms. The van der Waals surface area contributed by atoms with E-state index in [1.807, 2.05) is 13.1 Å². The van der Waals surface area contributed by atoms with Gasteiger partial charge < -0.3 is 34.1 Å². The van der Waals surface area contributed by atoms with Crippen LogP contribution < -0.4 is 10.0 Å². The fourth-order valence-corrected chi connectivity index (χ4v) is 7.55. The molecule has 3 aliphatic heterocycles. The van der Waals surface area contributed by atoms with Crippen molar-refractivity contribution in [1.29, 1.82) is 0 Å². The van der Waals surface area contributed by atoms with Crippen LogP contribution in [0.4, 0.5) is 0 Å². The minimum atomic E-state index is -3.79. The van der Waals surface area contributed by atoms with Crippen LogP contribution in [0.25, 0.3) is 0 Å². The minimum Gasteiger partial charge on any atom is -0.378 e. The van der Waals surface area contributed by atoms with Crippen molar-refractivity contribution in [3.05, 3.63) is 63.1 Å². The first kappa shape index (κ1) is 42.1. The molecule has 2 N–H and O–H groups in total. The summed E-state index contributed by atoms with van der Waals surface area (Å²) in [5.41, 5.74) is 2.97. The molecule has 1 unspecified atom stereocenters. The highest BCUT2D eigenvalue weighted by Crippen LogP contribution is 2.38. The third-order valence-electron chi connectivity index (χ3n) is 8.57. The summed E-state index contributed by atoms with van der Waals surface area (Å²) in [5.74, 6) is -5.25. The summed E-state index contributed by atoms with van der Waals surface area (Å²) in [4.78, 5) is 83.1. The summed E-state index contributed by atoms with van der Waals surface area (Å²) in [6.45, 7) is 0.563. The van der Waals surface area contributed by atoms with Crippen molar-refractivity contribution in [3.63, 3.8) is 0 Å². The van der Waals surface area contributed by atoms with Gasteiger partial charge in [0.25, 0.3) is 23.6 Å². The molecule has 4 amide bonds. The maximum Gasteiger partial charge on any atom is 0.358 e. The van der Waals surface area contributed by atoms with Crippen LogP contribution in [-0.2, 0) is 69.2 Å². The second kappa shape index (κ2) is 19.2. The van der Waals surface area contributed by atoms with Crippen LogP contribution >= 0.6 is 23.2 Å². The molecule has 5 rings (SSSR count). The molecule has 18 nitrogen and oxygen atoms in total. The average Bonchev–Trinajstić information content (AvgIpc) is 3.59. The van der Waals surface area contributed by atoms with E-state index < -0.39 is 64.8 Å². The number of fused-ring (bicyclic) bond motifs is 1. The van der Waals surface area contributed by atoms with Crippen LogP contribution in [0, 0.1) is 0 Å². The largest absolute Gasteiger partial charge is 0.378 e. The van der Waals surface area contributed by atoms with Gasteiger partial charge in [0.05, 0.1) is 43.8 Å². The summed E-state index contributed by atoms with van der Waals surface area (Å²) < 4.78 is 44.0. The molecule has 0 radical (unpaired) electrons. The van der Waals surface area contributed by atoms with Gasteiger partial charge in [0.1, 0.15) is 13.2 Å². The smallest absolute Gasteiger partial charge is 0.358 e. The zero-order valence-electron chi connectivity index (χ0n) is 29.6. The van der Waals surface area contributed by atoms with Crippen molar-refractivity contribution in [1.82, 2.24) is 25.1 Å². The molecule has 0 aromatic heterocycles. The van der Waals surface area contributed by atoms with Gasteiger partial charge in [-0.3, -0.25) is 19.2 Å². The van der Waals surface area contributed by atoms with E-state index in [-0.39, 0.29) is 69.6 Å². The summed E-state index contributed by atoms with van der Waals surface area (Å²) in [5, 5.41) is 4.60. The number of halogens is 2. The molecule has 0 spiro atoms. The second-order valence-electron chi connectivity index (χ2n) is 12.6. The van der Waals surface area contributed by atoms with Gasteiger partial charge in [-0.15, -0.1) is 10.1 Å². The second-order valence-corrected chi connectivity index (χ2v) is 15.2. The summed E-state index contributed by atoms with van der Waals surface area (Å²) in [6.07, 6.45) is -0.459. The number of sulfonamides is 1. The Morgan fingerprint density at radius 1 is 0.818 bits per heavy atom. The Bertz CT molecular complexity index is 1880. The van der Waals surface area contributed by atoms with Crippen molar-refractivity contribution in [2.45, 2.75) is 42.7 Å². The van der Waals surface area contributed by atoms with E-state index in [9.17, 15) is 37.2 Å². The van der Waals surface area contributed by atoms with Crippen molar-refractivity contribution in [3.8, 4) is 0 Å². The van der Waals surface area contributed by atoms with Crippen molar-refractivity contribution < 1.29 is 61.1 Å². The number of hydrogen-bond acceptors (Lipinski definition) is 15. The van der Waals surface area contributed by atoms with Gasteiger partial charge in [-0.25, -0.2) is 22.7 Å². The lowest BCUT2D eigenvalue weighted by atomic mass is 9.85. The number of carbonyl (C=O) groups is 6. The molecule has 0 aliphatic carbocycles. The van der Waals surface area contributed by atoms with Gasteiger partial charge in [-0.2, -0.15) is 0 Å². The number of nitrogens with one attached hydrogen (secondary N) is 2. The Balaban J connectivity index is 0.917. The lowest BCUT2D eigenvalue weighted by Gasteiger charge is -2.33. The molecule has 2 atom stereocenters. The monoisotopic (exact) mass is 827 g/mol. The van der Waals surface area contributed by atoms with Crippen LogP contribution in [-0.4, -0.2) is 131 Å². The van der Waals surface area contributed by atoms with Crippen molar-refractivity contribution in [2.75, 3.05) is 66.3 Å². The number of likely N-dealkylation sites (N-methyl/N-ethyl adjacent to an activating group) is 1. The predicted octanol–water partition coefficient (Wildman–Crippen LogP) is 0.681. The third kappa shape index (κ3) is 11.3. The number of imide groups is 2. The highest BCUT2D eigenvalue weighted by Gasteiger charge is 2.41. The Labute approximate surface area is 326 Å². The fourth-order valence-electron chi connectivity index (χ4n) is 5.97. The number of ether oxygens (including phenoxy) is 3. The Morgan fingerprint density at radius 3 is 2.09 bits per heavy atom. The van der Waals surface area contributed by atoms with Crippen molar-refractivity contribution in [2.24, 2.45) is 0 Å². The third-order valence-corrected chi connectivity index (χ3v) is 10.6. The molecule has 2 aromatic rings. The number of nitrogens with zero attached hydrogens (tertiary/aromatic N) is 3. The van der Waals surface area contributed by atoms with Crippen LogP contribution in [0.3, 0.4) is 0 Å². The zero-order chi connectivity index (χ0) is 39.7. The first-order chi connectivity index (χ1) is 26.2. The average molecular weight is 829 g/mol. The van der Waals surface area contributed by atoms with Crippen molar-refractivity contribution >= 4 is 68.8 Å². The first-order valence-electron chi connectivity index (χ1n) is 17.1. The number of hydrogen-bond donors (Lipinski definition) is 2. The lowest BCUT2D eigenvalue weighted by molar-refractivity contribution is -0.205. The molecule has 0 bridgehead atoms. The molecule has 2 saturated heterocycles. The van der Waals surface area contributed by atoms with Gasteiger partial charge in [0, 0.05) is 55.0 Å². The Kier molecular flexibility index (Phi) is 14.7. The first-order valence-corrected chi connectivity index (χ1v) is 19.3. The van der Waals surface area contributed by atoms with Crippen LogP contribution in [0.15, 0.2) is 41.3 Å². The van der Waals surface area contributed by atoms with E-state index >= 15 is 0 Å². The molecule has 0 saturated carbocycles. The van der Waals surface area contributed by atoms with E-state index in [4.69, 9.17) is 42.3 Å². The normalized spacial score (nSPS) is 19.0. The molecule has 2 fully saturated rings. The summed E-state index contributed by atoms with van der Waals surface area (Å²) in [7, 11) is -1.79. The predicted molar refractivity (Wildman–Crippen MR) is 190 cm³/mol. The summed E-state index contributed by atoms with van der Waals surface area (Å²) >= 11 is 12.8. The summed E-state index contributed by atoms with van der Waals surface area (Å²) in [6, 6.07) is 9.37. The quantitative estimate of drug-likeness (QED) is 0.147. The van der Waals surface area contributed by atoms with Gasteiger partial charge in [-0.05, 0) is 48.0 Å². The number of amides is 4. The van der Waals surface area contributed by atoms with Gasteiger partial charge in [-0.1, -0.05) is 35.3 Å². The number of carbonyl (C=O) groups excluding carboxylic acids is 6. The fraction of sp³-hybridized carbons (Fsp3) is 0.471. The van der Waals surface area contributed by atoms with E-state index in [0.717, 1.165) is 23.2 Å².